The minimum absolute atomic E-state index is 0.546. The summed E-state index contributed by atoms with van der Waals surface area (Å²) in [6, 6.07) is 70.5. The monoisotopic (exact) mass is 860 g/mol. The lowest BCUT2D eigenvalue weighted by atomic mass is 9.97. The van der Waals surface area contributed by atoms with Gasteiger partial charge in [0.1, 0.15) is 11.2 Å². The Morgan fingerprint density at radius 1 is 0.433 bits per heavy atom. The number of hydrogen-bond acceptors (Lipinski definition) is 4. The Balaban J connectivity index is 0.00000231. The Bertz CT molecular complexity index is 3780. The lowest BCUT2D eigenvalue weighted by molar-refractivity contribution is 0.669. The molecule has 0 aliphatic heterocycles. The molecule has 0 radical (unpaired) electrons. The van der Waals surface area contributed by atoms with Crippen LogP contribution in [0.15, 0.2) is 217 Å². The lowest BCUT2D eigenvalue weighted by Gasteiger charge is -2.16. The van der Waals surface area contributed by atoms with Crippen LogP contribution in [0.25, 0.3) is 117 Å². The first-order valence-electron chi connectivity index (χ1n) is 23.1. The molecule has 0 saturated carbocycles. The van der Waals surface area contributed by atoms with E-state index >= 15 is 0 Å². The first-order valence-corrected chi connectivity index (χ1v) is 23.1. The molecule has 0 spiro atoms. The fraction of sp³-hybridized carbons (Fsp3) is 0.0484. The molecule has 9 aromatic carbocycles. The molecule has 318 valence electrons. The van der Waals surface area contributed by atoms with Crippen LogP contribution in [0.4, 0.5) is 0 Å². The Labute approximate surface area is 388 Å². The van der Waals surface area contributed by atoms with Crippen LogP contribution in [0.5, 0.6) is 0 Å². The van der Waals surface area contributed by atoms with E-state index in [1.807, 2.05) is 26.0 Å². The van der Waals surface area contributed by atoms with Gasteiger partial charge in [0.15, 0.2) is 11.6 Å². The van der Waals surface area contributed by atoms with Crippen molar-refractivity contribution in [2.75, 3.05) is 0 Å². The minimum atomic E-state index is 0.546. The van der Waals surface area contributed by atoms with Crippen LogP contribution in [0, 0.1) is 0 Å². The molecule has 0 fully saturated rings. The number of allylic oxidation sites excluding steroid dienone is 2. The summed E-state index contributed by atoms with van der Waals surface area (Å²) in [6.07, 6.45) is 7.61. The van der Waals surface area contributed by atoms with Gasteiger partial charge in [-0.15, -0.1) is 0 Å². The van der Waals surface area contributed by atoms with E-state index in [1.165, 1.54) is 10.8 Å². The van der Waals surface area contributed by atoms with E-state index in [0.29, 0.717) is 17.6 Å². The molecule has 0 amide bonds. The molecule has 12 aromatic rings. The van der Waals surface area contributed by atoms with Crippen LogP contribution in [0.2, 0.25) is 0 Å². The second kappa shape index (κ2) is 16.7. The molecule has 67 heavy (non-hydrogen) atoms. The predicted octanol–water partition coefficient (Wildman–Crippen LogP) is 16.6. The van der Waals surface area contributed by atoms with Gasteiger partial charge in [-0.2, -0.15) is 9.97 Å². The minimum Gasteiger partial charge on any atom is -0.456 e. The van der Waals surface area contributed by atoms with E-state index in [-0.39, 0.29) is 0 Å². The molecule has 3 heterocycles. The van der Waals surface area contributed by atoms with Crippen LogP contribution < -0.4 is 0 Å². The van der Waals surface area contributed by atoms with Crippen molar-refractivity contribution in [3.8, 4) is 51.0 Å². The highest BCUT2D eigenvalue weighted by Crippen LogP contribution is 2.43. The second-order valence-electron chi connectivity index (χ2n) is 16.7. The van der Waals surface area contributed by atoms with E-state index in [2.05, 4.69) is 211 Å². The zero-order chi connectivity index (χ0) is 44.8. The molecule has 5 nitrogen and oxygen atoms in total. The van der Waals surface area contributed by atoms with Gasteiger partial charge in [-0.3, -0.25) is 4.57 Å². The first kappa shape index (κ1) is 39.9. The predicted molar refractivity (Wildman–Crippen MR) is 279 cm³/mol. The number of hydrogen-bond donors (Lipinski definition) is 0. The topological polar surface area (TPSA) is 56.7 Å². The van der Waals surface area contributed by atoms with Gasteiger partial charge in [-0.25, -0.2) is 4.98 Å². The van der Waals surface area contributed by atoms with Crippen LogP contribution in [0.1, 0.15) is 37.1 Å². The third kappa shape index (κ3) is 6.91. The Kier molecular flexibility index (Phi) is 9.95. The van der Waals surface area contributed by atoms with E-state index in [4.69, 9.17) is 19.4 Å². The van der Waals surface area contributed by atoms with Crippen molar-refractivity contribution >= 4 is 66.0 Å². The summed E-state index contributed by atoms with van der Waals surface area (Å²) >= 11 is 0. The third-order valence-electron chi connectivity index (χ3n) is 12.9. The van der Waals surface area contributed by atoms with Crippen LogP contribution in [-0.4, -0.2) is 19.5 Å². The van der Waals surface area contributed by atoms with Crippen LogP contribution in [0.3, 0.4) is 0 Å². The molecule has 0 unspecified atom stereocenters. The van der Waals surface area contributed by atoms with E-state index in [1.54, 1.807) is 0 Å². The molecule has 0 bridgehead atoms. The Morgan fingerprint density at radius 3 is 1.61 bits per heavy atom. The normalized spacial score (nSPS) is 12.3. The van der Waals surface area contributed by atoms with E-state index < -0.39 is 0 Å². The summed E-state index contributed by atoms with van der Waals surface area (Å²) in [4.78, 5) is 16.1. The maximum absolute atomic E-state index is 6.66. The number of fused-ring (bicyclic) bond motifs is 10. The van der Waals surface area contributed by atoms with Crippen LogP contribution >= 0.6 is 0 Å². The quantitative estimate of drug-likeness (QED) is 0.167. The fourth-order valence-corrected chi connectivity index (χ4v) is 9.75. The van der Waals surface area contributed by atoms with Gasteiger partial charge >= 0.3 is 0 Å². The summed E-state index contributed by atoms with van der Waals surface area (Å²) in [7, 11) is 0. The summed E-state index contributed by atoms with van der Waals surface area (Å²) in [5.41, 5.74) is 13.4. The number of nitrogens with zero attached hydrogens (tertiary/aromatic N) is 4. The number of aromatic nitrogens is 4. The van der Waals surface area contributed by atoms with Crippen molar-refractivity contribution in [2.24, 2.45) is 0 Å². The summed E-state index contributed by atoms with van der Waals surface area (Å²) in [6.45, 7) is 4.00. The molecule has 1 aliphatic rings. The second-order valence-corrected chi connectivity index (χ2v) is 16.7. The molecule has 3 aromatic heterocycles. The number of rotatable bonds is 6. The molecule has 5 heteroatoms. The van der Waals surface area contributed by atoms with Crippen molar-refractivity contribution < 1.29 is 4.42 Å². The summed E-state index contributed by atoms with van der Waals surface area (Å²) < 4.78 is 8.95. The number of furan rings is 1. The summed E-state index contributed by atoms with van der Waals surface area (Å²) in [5.74, 6) is 1.74. The maximum Gasteiger partial charge on any atom is 0.238 e. The van der Waals surface area contributed by atoms with Gasteiger partial charge in [-0.05, 0) is 68.6 Å². The lowest BCUT2D eigenvalue weighted by Crippen LogP contribution is -2.10. The molecule has 0 N–H and O–H groups in total. The molecule has 0 atom stereocenters. The average molecular weight is 861 g/mol. The highest BCUT2D eigenvalue weighted by Gasteiger charge is 2.27. The largest absolute Gasteiger partial charge is 0.456 e. The van der Waals surface area contributed by atoms with Crippen LogP contribution in [-0.2, 0) is 0 Å². The van der Waals surface area contributed by atoms with Crippen molar-refractivity contribution in [3.63, 3.8) is 0 Å². The first-order chi connectivity index (χ1) is 33.2. The molecule has 13 rings (SSSR count). The zero-order valence-corrected chi connectivity index (χ0v) is 37.2. The smallest absolute Gasteiger partial charge is 0.238 e. The van der Waals surface area contributed by atoms with Gasteiger partial charge < -0.3 is 4.42 Å². The van der Waals surface area contributed by atoms with E-state index in [0.717, 1.165) is 106 Å². The average Bonchev–Trinajstić information content (AvgIpc) is 3.87. The van der Waals surface area contributed by atoms with Gasteiger partial charge in [0.2, 0.25) is 5.95 Å². The number of benzene rings is 9. The standard InChI is InChI=1S/C60H38N4O.C2H6/c1-3-13-38(14-4-1)40-23-27-44(28-24-40)58-61-59(45-29-25-41(26-30-45)39-15-5-2-6-16-39)63-60(62-58)64-56-48-20-10-8-18-43(48)31-34-51(56)50-22-12-11-21-49(57(50)64)46-32-35-52-54(37-46)65-53-36-33-42-17-7-9-19-47(42)55(52)53;1-2/h1-10,12-37H,11H2;1-2H3. The highest BCUT2D eigenvalue weighted by atomic mass is 16.3. The van der Waals surface area contributed by atoms with E-state index in [9.17, 15) is 0 Å². The van der Waals surface area contributed by atoms with Crippen molar-refractivity contribution in [3.05, 3.63) is 229 Å². The molecular formula is C62H44N4O. The summed E-state index contributed by atoms with van der Waals surface area (Å²) in [5, 5.41) is 8.01. The van der Waals surface area contributed by atoms with Gasteiger partial charge in [0, 0.05) is 43.8 Å². The third-order valence-corrected chi connectivity index (χ3v) is 12.9. The molecular weight excluding hydrogens is 817 g/mol. The Hall–Kier alpha value is -8.67. The van der Waals surface area contributed by atoms with Crippen molar-refractivity contribution in [1.29, 1.82) is 0 Å². The van der Waals surface area contributed by atoms with Gasteiger partial charge in [-0.1, -0.05) is 214 Å². The maximum atomic E-state index is 6.66. The molecule has 1 aliphatic carbocycles. The van der Waals surface area contributed by atoms with Gasteiger partial charge in [0.05, 0.1) is 11.2 Å². The van der Waals surface area contributed by atoms with Crippen molar-refractivity contribution in [1.82, 2.24) is 19.5 Å². The Morgan fingerprint density at radius 2 is 0.955 bits per heavy atom. The van der Waals surface area contributed by atoms with Gasteiger partial charge in [0.25, 0.3) is 0 Å². The highest BCUT2D eigenvalue weighted by molar-refractivity contribution is 6.19. The SMILES string of the molecule is C1=Cc2c(n(-c3nc(-c4ccc(-c5ccccc5)cc4)nc(-c4ccc(-c5ccccc5)cc4)n3)c3c2ccc2ccccc23)C(c2ccc3c(c2)oc2ccc4ccccc4c23)=CC1.CC. The zero-order valence-electron chi connectivity index (χ0n) is 37.2. The fourth-order valence-electron chi connectivity index (χ4n) is 9.75. The van der Waals surface area contributed by atoms with Crippen molar-refractivity contribution in [2.45, 2.75) is 20.3 Å². The molecule has 0 saturated heterocycles.